The zero-order chi connectivity index (χ0) is 12.5. The van der Waals surface area contributed by atoms with E-state index in [2.05, 4.69) is 0 Å². The van der Waals surface area contributed by atoms with E-state index in [0.717, 1.165) is 0 Å². The fraction of sp³-hybridized carbons (Fsp3) is 0.455. The molecule has 0 saturated carbocycles. The Morgan fingerprint density at radius 3 is 2.50 bits per heavy atom. The van der Waals surface area contributed by atoms with E-state index in [9.17, 15) is 14.7 Å². The Kier molecular flexibility index (Phi) is 3.30. The molecule has 3 unspecified atom stereocenters. The number of hydrogen-bond donors (Lipinski definition) is 3. The predicted octanol–water partition coefficient (Wildman–Crippen LogP) is -0.149. The van der Waals surface area contributed by atoms with Crippen molar-refractivity contribution in [3.8, 4) is 0 Å². The highest BCUT2D eigenvalue weighted by Gasteiger charge is 2.47. The molecule has 4 N–H and O–H groups in total. The number of hydrogen-bond acceptors (Lipinski definition) is 4. The van der Waals surface area contributed by atoms with Gasteiger partial charge in [-0.15, -0.1) is 0 Å². The van der Waals surface area contributed by atoms with E-state index >= 15 is 0 Å². The molecule has 5 heteroatoms. The van der Waals surface area contributed by atoms with Gasteiger partial charge in [-0.2, -0.15) is 0 Å². The molecule has 0 aromatic heterocycles. The molecule has 0 amide bonds. The van der Waals surface area contributed by atoms with Gasteiger partial charge in [0.2, 0.25) is 0 Å². The van der Waals surface area contributed by atoms with Gasteiger partial charge in [-0.05, 0) is 19.9 Å². The van der Waals surface area contributed by atoms with E-state index < -0.39 is 23.5 Å². The Bertz CT molecular complexity index is 383. The largest absolute Gasteiger partial charge is 0.478 e. The summed E-state index contributed by atoms with van der Waals surface area (Å²) in [7, 11) is 0. The van der Waals surface area contributed by atoms with Crippen LogP contribution in [0.2, 0.25) is 0 Å². The Morgan fingerprint density at radius 1 is 1.56 bits per heavy atom. The number of carboxylic acids is 1. The minimum Gasteiger partial charge on any atom is -0.478 e. The quantitative estimate of drug-likeness (QED) is 0.620. The number of aliphatic carboxylic acids is 1. The van der Waals surface area contributed by atoms with Crippen LogP contribution < -0.4 is 5.73 Å². The highest BCUT2D eigenvalue weighted by Crippen LogP contribution is 2.35. The van der Waals surface area contributed by atoms with Crippen molar-refractivity contribution in [3.63, 3.8) is 0 Å². The van der Waals surface area contributed by atoms with Crippen molar-refractivity contribution in [1.82, 2.24) is 0 Å². The molecule has 1 aliphatic carbocycles. The van der Waals surface area contributed by atoms with Crippen LogP contribution in [0.25, 0.3) is 0 Å². The van der Waals surface area contributed by atoms with Crippen molar-refractivity contribution >= 4 is 11.8 Å². The molecule has 0 aliphatic heterocycles. The van der Waals surface area contributed by atoms with E-state index in [1.165, 1.54) is 25.2 Å². The topological polar surface area (TPSA) is 101 Å². The smallest absolute Gasteiger partial charge is 0.334 e. The number of rotatable bonds is 3. The van der Waals surface area contributed by atoms with Crippen LogP contribution in [0, 0.1) is 5.41 Å². The summed E-state index contributed by atoms with van der Waals surface area (Å²) in [5, 5.41) is 18.9. The van der Waals surface area contributed by atoms with Gasteiger partial charge in [0.25, 0.3) is 0 Å². The fourth-order valence-electron chi connectivity index (χ4n) is 1.97. The van der Waals surface area contributed by atoms with Gasteiger partial charge in [0.15, 0.2) is 0 Å². The summed E-state index contributed by atoms with van der Waals surface area (Å²) in [6.45, 7) is 2.86. The van der Waals surface area contributed by atoms with Crippen LogP contribution in [-0.4, -0.2) is 34.1 Å². The Hall–Kier alpha value is -1.46. The molecule has 0 fully saturated rings. The number of aliphatic hydroxyl groups is 1. The van der Waals surface area contributed by atoms with E-state index in [1.807, 2.05) is 0 Å². The van der Waals surface area contributed by atoms with E-state index in [0.29, 0.717) is 0 Å². The lowest BCUT2D eigenvalue weighted by molar-refractivity contribution is -0.136. The maximum absolute atomic E-state index is 11.6. The van der Waals surface area contributed by atoms with Gasteiger partial charge in [0, 0.05) is 6.04 Å². The third-order valence-corrected chi connectivity index (χ3v) is 3.01. The molecule has 0 heterocycles. The Balaban J connectivity index is 3.27. The molecule has 0 spiro atoms. The van der Waals surface area contributed by atoms with Crippen LogP contribution in [0.3, 0.4) is 0 Å². The summed E-state index contributed by atoms with van der Waals surface area (Å²) >= 11 is 0. The van der Waals surface area contributed by atoms with Crippen molar-refractivity contribution in [1.29, 1.82) is 0 Å². The minimum absolute atomic E-state index is 0.213. The maximum Gasteiger partial charge on any atom is 0.334 e. The number of carbonyl (C=O) groups excluding carboxylic acids is 1. The maximum atomic E-state index is 11.6. The van der Waals surface area contributed by atoms with Gasteiger partial charge in [-0.1, -0.05) is 12.2 Å². The third-order valence-electron chi connectivity index (χ3n) is 3.01. The van der Waals surface area contributed by atoms with Gasteiger partial charge < -0.3 is 15.9 Å². The number of Topliss-reactive ketones (excluding diaryl/α,β-unsaturated/α-hetero) is 1. The molecule has 16 heavy (non-hydrogen) atoms. The first-order valence-corrected chi connectivity index (χ1v) is 4.91. The Morgan fingerprint density at radius 2 is 2.12 bits per heavy atom. The van der Waals surface area contributed by atoms with E-state index in [-0.39, 0.29) is 11.4 Å². The van der Waals surface area contributed by atoms with Gasteiger partial charge in [-0.25, -0.2) is 4.79 Å². The second-order valence-electron chi connectivity index (χ2n) is 3.97. The first-order chi connectivity index (χ1) is 7.34. The number of ketones is 1. The summed E-state index contributed by atoms with van der Waals surface area (Å²) < 4.78 is 0. The number of aliphatic hydroxyl groups excluding tert-OH is 1. The molecular formula is C11H15NO4. The van der Waals surface area contributed by atoms with Crippen LogP contribution in [0.15, 0.2) is 23.8 Å². The number of nitrogens with two attached hydrogens (primary N) is 1. The van der Waals surface area contributed by atoms with E-state index in [4.69, 9.17) is 10.8 Å². The number of carboxylic acid groups (broad SMARTS) is 1. The molecule has 0 aromatic carbocycles. The summed E-state index contributed by atoms with van der Waals surface area (Å²) in [6, 6.07) is -0.667. The van der Waals surface area contributed by atoms with Crippen LogP contribution in [0.5, 0.6) is 0 Å². The second-order valence-corrected chi connectivity index (χ2v) is 3.97. The first-order valence-electron chi connectivity index (χ1n) is 4.91. The zero-order valence-corrected chi connectivity index (χ0v) is 9.18. The van der Waals surface area contributed by atoms with Crippen LogP contribution in [-0.2, 0) is 9.59 Å². The zero-order valence-electron chi connectivity index (χ0n) is 9.18. The van der Waals surface area contributed by atoms with Gasteiger partial charge >= 0.3 is 5.97 Å². The van der Waals surface area contributed by atoms with Crippen molar-refractivity contribution in [2.45, 2.75) is 26.0 Å². The van der Waals surface area contributed by atoms with Crippen LogP contribution in [0.1, 0.15) is 13.8 Å². The predicted molar refractivity (Wildman–Crippen MR) is 57.6 cm³/mol. The molecule has 1 rings (SSSR count). The Labute approximate surface area is 93.3 Å². The van der Waals surface area contributed by atoms with Crippen molar-refractivity contribution < 1.29 is 19.8 Å². The lowest BCUT2D eigenvalue weighted by atomic mass is 9.68. The number of carbonyl (C=O) groups is 2. The van der Waals surface area contributed by atoms with Crippen molar-refractivity contribution in [2.75, 3.05) is 0 Å². The molecule has 0 radical (unpaired) electrons. The average Bonchev–Trinajstić information content (AvgIpc) is 2.16. The molecule has 88 valence electrons. The molecular weight excluding hydrogens is 210 g/mol. The molecule has 0 aromatic rings. The third kappa shape index (κ3) is 1.68. The minimum atomic E-state index is -1.41. The summed E-state index contributed by atoms with van der Waals surface area (Å²) in [5.74, 6) is -1.60. The SMILES string of the molecule is CC(=O)C1(C(C)N)C=CC=C(C(=O)O)C1O. The van der Waals surface area contributed by atoms with Crippen molar-refractivity contribution in [3.05, 3.63) is 23.8 Å². The second kappa shape index (κ2) is 4.19. The standard InChI is InChI=1S/C11H15NO4/c1-6(12)11(7(2)13)5-3-4-8(9(11)14)10(15)16/h3-6,9,14H,12H2,1-2H3,(H,15,16). The molecule has 1 aliphatic rings. The monoisotopic (exact) mass is 225 g/mol. The molecule has 3 atom stereocenters. The molecule has 0 saturated heterocycles. The number of allylic oxidation sites excluding steroid dienone is 2. The van der Waals surface area contributed by atoms with Gasteiger partial charge in [0.05, 0.1) is 11.0 Å². The lowest BCUT2D eigenvalue weighted by Gasteiger charge is -2.38. The fourth-order valence-corrected chi connectivity index (χ4v) is 1.97. The van der Waals surface area contributed by atoms with Gasteiger partial charge in [-0.3, -0.25) is 4.79 Å². The van der Waals surface area contributed by atoms with Crippen LogP contribution >= 0.6 is 0 Å². The lowest BCUT2D eigenvalue weighted by Crippen LogP contribution is -2.54. The summed E-state index contributed by atoms with van der Waals surface area (Å²) in [6.07, 6.45) is 2.78. The molecule has 0 bridgehead atoms. The van der Waals surface area contributed by atoms with Crippen molar-refractivity contribution in [2.24, 2.45) is 11.1 Å². The highest BCUT2D eigenvalue weighted by molar-refractivity contribution is 5.94. The first kappa shape index (κ1) is 12.6. The summed E-state index contributed by atoms with van der Waals surface area (Å²) in [4.78, 5) is 22.5. The van der Waals surface area contributed by atoms with Gasteiger partial charge in [0.1, 0.15) is 11.9 Å². The normalized spacial score (nSPS) is 30.8. The van der Waals surface area contributed by atoms with Crippen LogP contribution in [0.4, 0.5) is 0 Å². The highest BCUT2D eigenvalue weighted by atomic mass is 16.4. The average molecular weight is 225 g/mol. The van der Waals surface area contributed by atoms with E-state index in [1.54, 1.807) is 6.92 Å². The molecule has 5 nitrogen and oxygen atoms in total. The summed E-state index contributed by atoms with van der Waals surface area (Å²) in [5.41, 5.74) is 4.15.